The summed E-state index contributed by atoms with van der Waals surface area (Å²) >= 11 is 0. The summed E-state index contributed by atoms with van der Waals surface area (Å²) in [5.41, 5.74) is 9.32. The minimum Gasteiger partial charge on any atom is -0.353 e. The highest BCUT2D eigenvalue weighted by Gasteiger charge is 2.14. The minimum atomic E-state index is -0.119. The second-order valence-corrected chi connectivity index (χ2v) is 5.18. The molecule has 0 fully saturated rings. The van der Waals surface area contributed by atoms with E-state index in [1.807, 2.05) is 13.8 Å². The van der Waals surface area contributed by atoms with Crippen LogP contribution in [0.25, 0.3) is 0 Å². The predicted molar refractivity (Wildman–Crippen MR) is 82.7 cm³/mol. The van der Waals surface area contributed by atoms with Crippen LogP contribution in [0.4, 0.5) is 0 Å². The van der Waals surface area contributed by atoms with Gasteiger partial charge in [0.1, 0.15) is 0 Å². The molecule has 0 saturated heterocycles. The summed E-state index contributed by atoms with van der Waals surface area (Å²) in [5.74, 6) is -0.0821. The Morgan fingerprint density at radius 1 is 1.32 bits per heavy atom. The number of carbonyl (C=O) groups excluding carboxylic acids is 1. The topological polar surface area (TPSA) is 55.1 Å². The normalized spacial score (nSPS) is 13.3. The Morgan fingerprint density at radius 3 is 2.47 bits per heavy atom. The maximum atomic E-state index is 11.7. The van der Waals surface area contributed by atoms with Gasteiger partial charge in [0.2, 0.25) is 5.91 Å². The van der Waals surface area contributed by atoms with Crippen molar-refractivity contribution >= 4 is 18.3 Å². The van der Waals surface area contributed by atoms with E-state index in [1.54, 1.807) is 0 Å². The zero-order valence-corrected chi connectivity index (χ0v) is 13.0. The van der Waals surface area contributed by atoms with Crippen LogP contribution >= 0.6 is 12.4 Å². The van der Waals surface area contributed by atoms with Crippen LogP contribution in [-0.2, 0) is 11.2 Å². The first kappa shape index (κ1) is 17.9. The third kappa shape index (κ3) is 5.62. The molecule has 0 heterocycles. The Labute approximate surface area is 122 Å². The summed E-state index contributed by atoms with van der Waals surface area (Å²) in [7, 11) is 0. The van der Waals surface area contributed by atoms with Gasteiger partial charge in [-0.2, -0.15) is 0 Å². The summed E-state index contributed by atoms with van der Waals surface area (Å²) in [6.45, 7) is 8.46. The van der Waals surface area contributed by atoms with Gasteiger partial charge in [-0.05, 0) is 38.3 Å². The Bertz CT molecular complexity index is 421. The van der Waals surface area contributed by atoms with Gasteiger partial charge in [0.05, 0.1) is 0 Å². The highest BCUT2D eigenvalue weighted by Crippen LogP contribution is 2.12. The van der Waals surface area contributed by atoms with Gasteiger partial charge in [-0.1, -0.05) is 30.7 Å². The molecule has 1 aromatic rings. The van der Waals surface area contributed by atoms with Gasteiger partial charge in [0.25, 0.3) is 0 Å². The highest BCUT2D eigenvalue weighted by molar-refractivity contribution is 5.85. The van der Waals surface area contributed by atoms with Crippen LogP contribution in [0, 0.1) is 19.8 Å². The quantitative estimate of drug-likeness (QED) is 0.872. The molecule has 0 radical (unpaired) electrons. The standard InChI is InChI=1S/C15H24N2O.ClH/c1-10-5-6-14(11(2)7-10)8-13(4)17-15(18)12(3)9-16;/h5-7,12-13H,8-9,16H2,1-4H3,(H,17,18);1H. The lowest BCUT2D eigenvalue weighted by atomic mass is 9.99. The molecule has 0 aliphatic carbocycles. The highest BCUT2D eigenvalue weighted by atomic mass is 35.5. The molecule has 0 aromatic heterocycles. The lowest BCUT2D eigenvalue weighted by Crippen LogP contribution is -2.39. The van der Waals surface area contributed by atoms with E-state index in [0.29, 0.717) is 6.54 Å². The maximum Gasteiger partial charge on any atom is 0.224 e. The largest absolute Gasteiger partial charge is 0.353 e. The van der Waals surface area contributed by atoms with Crippen LogP contribution < -0.4 is 11.1 Å². The van der Waals surface area contributed by atoms with Crippen LogP contribution in [-0.4, -0.2) is 18.5 Å². The molecule has 3 nitrogen and oxygen atoms in total. The first-order valence-electron chi connectivity index (χ1n) is 6.50. The molecule has 108 valence electrons. The lowest BCUT2D eigenvalue weighted by Gasteiger charge is -2.18. The van der Waals surface area contributed by atoms with Crippen molar-refractivity contribution < 1.29 is 4.79 Å². The van der Waals surface area contributed by atoms with E-state index in [-0.39, 0.29) is 30.3 Å². The van der Waals surface area contributed by atoms with E-state index in [9.17, 15) is 4.79 Å². The van der Waals surface area contributed by atoms with Gasteiger partial charge in [-0.15, -0.1) is 12.4 Å². The van der Waals surface area contributed by atoms with Crippen molar-refractivity contribution in [2.45, 2.75) is 40.2 Å². The van der Waals surface area contributed by atoms with Crippen LogP contribution in [0.5, 0.6) is 0 Å². The molecule has 19 heavy (non-hydrogen) atoms. The molecule has 0 bridgehead atoms. The van der Waals surface area contributed by atoms with Gasteiger partial charge in [0.15, 0.2) is 0 Å². The Kier molecular flexibility index (Phi) is 7.72. The number of aryl methyl sites for hydroxylation is 2. The van der Waals surface area contributed by atoms with Crippen molar-refractivity contribution in [3.05, 3.63) is 34.9 Å². The van der Waals surface area contributed by atoms with Gasteiger partial charge in [0, 0.05) is 18.5 Å². The summed E-state index contributed by atoms with van der Waals surface area (Å²) in [6.07, 6.45) is 0.856. The Morgan fingerprint density at radius 2 is 1.95 bits per heavy atom. The molecule has 2 unspecified atom stereocenters. The Balaban J connectivity index is 0.00000324. The van der Waals surface area contributed by atoms with Crippen molar-refractivity contribution in [3.63, 3.8) is 0 Å². The molecule has 2 atom stereocenters. The minimum absolute atomic E-state index is 0. The molecule has 3 N–H and O–H groups in total. The average Bonchev–Trinajstić information content (AvgIpc) is 2.31. The molecular formula is C15H25ClN2O. The Hall–Kier alpha value is -1.06. The number of hydrogen-bond acceptors (Lipinski definition) is 2. The third-order valence-electron chi connectivity index (χ3n) is 3.21. The summed E-state index contributed by atoms with van der Waals surface area (Å²) in [6, 6.07) is 6.55. The zero-order chi connectivity index (χ0) is 13.7. The van der Waals surface area contributed by atoms with E-state index in [0.717, 1.165) is 6.42 Å². The van der Waals surface area contributed by atoms with Crippen molar-refractivity contribution in [2.24, 2.45) is 11.7 Å². The van der Waals surface area contributed by atoms with Gasteiger partial charge >= 0.3 is 0 Å². The number of nitrogens with one attached hydrogen (secondary N) is 1. The molecule has 1 amide bonds. The first-order valence-corrected chi connectivity index (χ1v) is 6.50. The molecule has 1 rings (SSSR count). The third-order valence-corrected chi connectivity index (χ3v) is 3.21. The summed E-state index contributed by atoms with van der Waals surface area (Å²) < 4.78 is 0. The molecule has 0 aliphatic rings. The number of amides is 1. The van der Waals surface area contributed by atoms with Crippen molar-refractivity contribution in [2.75, 3.05) is 6.54 Å². The van der Waals surface area contributed by atoms with E-state index >= 15 is 0 Å². The number of hydrogen-bond donors (Lipinski definition) is 2. The number of halogens is 1. The molecule has 4 heteroatoms. The monoisotopic (exact) mass is 284 g/mol. The fourth-order valence-electron chi connectivity index (χ4n) is 1.95. The van der Waals surface area contributed by atoms with E-state index in [2.05, 4.69) is 37.4 Å². The lowest BCUT2D eigenvalue weighted by molar-refractivity contribution is -0.124. The molecule has 0 saturated carbocycles. The van der Waals surface area contributed by atoms with Gasteiger partial charge in [-0.25, -0.2) is 0 Å². The van der Waals surface area contributed by atoms with Gasteiger partial charge < -0.3 is 11.1 Å². The van der Waals surface area contributed by atoms with Crippen LogP contribution in [0.15, 0.2) is 18.2 Å². The van der Waals surface area contributed by atoms with Gasteiger partial charge in [-0.3, -0.25) is 4.79 Å². The number of rotatable bonds is 5. The van der Waals surface area contributed by atoms with Crippen LogP contribution in [0.2, 0.25) is 0 Å². The maximum absolute atomic E-state index is 11.7. The average molecular weight is 285 g/mol. The van der Waals surface area contributed by atoms with E-state index in [1.165, 1.54) is 16.7 Å². The second-order valence-electron chi connectivity index (χ2n) is 5.18. The molecular weight excluding hydrogens is 260 g/mol. The SMILES string of the molecule is Cc1ccc(CC(C)NC(=O)C(C)CN)c(C)c1.Cl. The number of benzene rings is 1. The van der Waals surface area contributed by atoms with Crippen LogP contribution in [0.1, 0.15) is 30.5 Å². The predicted octanol–water partition coefficient (Wildman–Crippen LogP) is 2.37. The second kappa shape index (κ2) is 8.18. The van der Waals surface area contributed by atoms with Crippen molar-refractivity contribution in [1.29, 1.82) is 0 Å². The summed E-state index contributed by atoms with van der Waals surface area (Å²) in [5, 5.41) is 3.00. The fourth-order valence-corrected chi connectivity index (χ4v) is 1.95. The van der Waals surface area contributed by atoms with E-state index < -0.39 is 0 Å². The molecule has 0 spiro atoms. The fraction of sp³-hybridized carbons (Fsp3) is 0.533. The van der Waals surface area contributed by atoms with Crippen molar-refractivity contribution in [3.8, 4) is 0 Å². The number of carbonyl (C=O) groups is 1. The first-order chi connectivity index (χ1) is 8.43. The zero-order valence-electron chi connectivity index (χ0n) is 12.2. The molecule has 1 aromatic carbocycles. The molecule has 0 aliphatic heterocycles. The van der Waals surface area contributed by atoms with E-state index in [4.69, 9.17) is 5.73 Å². The van der Waals surface area contributed by atoms with Crippen molar-refractivity contribution in [1.82, 2.24) is 5.32 Å². The smallest absolute Gasteiger partial charge is 0.224 e. The number of nitrogens with two attached hydrogens (primary N) is 1. The van der Waals surface area contributed by atoms with Crippen LogP contribution in [0.3, 0.4) is 0 Å². The summed E-state index contributed by atoms with van der Waals surface area (Å²) in [4.78, 5) is 11.7.